The molecule has 28 heavy (non-hydrogen) atoms. The van der Waals surface area contributed by atoms with Crippen LogP contribution in [0.3, 0.4) is 0 Å². The predicted molar refractivity (Wildman–Crippen MR) is 87.7 cm³/mol. The van der Waals surface area contributed by atoms with E-state index in [1.165, 1.54) is 0 Å². The van der Waals surface area contributed by atoms with Gasteiger partial charge in [0, 0.05) is 18.8 Å². The van der Waals surface area contributed by atoms with Crippen molar-refractivity contribution >= 4 is 17.8 Å². The quantitative estimate of drug-likeness (QED) is 0.505. The predicted octanol–water partition coefficient (Wildman–Crippen LogP) is 4.37. The van der Waals surface area contributed by atoms with Crippen molar-refractivity contribution in [2.75, 3.05) is 18.4 Å². The van der Waals surface area contributed by atoms with Gasteiger partial charge in [0.2, 0.25) is 0 Å². The Morgan fingerprint density at radius 3 is 1.75 bits per heavy atom. The van der Waals surface area contributed by atoms with Crippen molar-refractivity contribution in [1.82, 2.24) is 10.6 Å². The molecule has 0 atom stereocenters. The van der Waals surface area contributed by atoms with Crippen molar-refractivity contribution in [1.29, 1.82) is 0 Å². The number of alkyl halides is 6. The Balaban J connectivity index is 2.67. The second-order valence-electron chi connectivity index (χ2n) is 6.60. The summed E-state index contributed by atoms with van der Waals surface area (Å²) in [6.45, 7) is 4.71. The van der Waals surface area contributed by atoms with Crippen LogP contribution in [-0.4, -0.2) is 30.8 Å². The molecule has 6 nitrogen and oxygen atoms in total. The van der Waals surface area contributed by atoms with E-state index in [-0.39, 0.29) is 19.2 Å². The molecule has 0 saturated carbocycles. The van der Waals surface area contributed by atoms with E-state index < -0.39 is 46.9 Å². The highest BCUT2D eigenvalue weighted by Gasteiger charge is 2.37. The van der Waals surface area contributed by atoms with Crippen molar-refractivity contribution in [3.63, 3.8) is 0 Å². The van der Waals surface area contributed by atoms with E-state index in [0.717, 1.165) is 0 Å². The molecule has 0 spiro atoms. The zero-order chi connectivity index (χ0) is 21.8. The van der Waals surface area contributed by atoms with Gasteiger partial charge in [0.15, 0.2) is 0 Å². The Morgan fingerprint density at radius 2 is 1.32 bits per heavy atom. The van der Waals surface area contributed by atoms with E-state index >= 15 is 0 Å². The lowest BCUT2D eigenvalue weighted by Crippen LogP contribution is -2.39. The zero-order valence-corrected chi connectivity index (χ0v) is 15.1. The summed E-state index contributed by atoms with van der Waals surface area (Å²) >= 11 is 0. The fourth-order valence-electron chi connectivity index (χ4n) is 1.86. The van der Waals surface area contributed by atoms with Gasteiger partial charge in [-0.15, -0.1) is 0 Å². The molecule has 3 N–H and O–H groups in total. The normalized spacial score (nSPS) is 12.3. The highest BCUT2D eigenvalue weighted by atomic mass is 19.4. The van der Waals surface area contributed by atoms with Gasteiger partial charge in [-0.3, -0.25) is 0 Å². The van der Waals surface area contributed by atoms with E-state index in [4.69, 9.17) is 4.74 Å². The van der Waals surface area contributed by atoms with Gasteiger partial charge < -0.3 is 20.7 Å². The van der Waals surface area contributed by atoms with Crippen LogP contribution >= 0.6 is 0 Å². The topological polar surface area (TPSA) is 79.5 Å². The van der Waals surface area contributed by atoms with E-state index in [1.807, 2.05) is 5.32 Å². The van der Waals surface area contributed by atoms with Crippen molar-refractivity contribution in [2.24, 2.45) is 0 Å². The second kappa shape index (κ2) is 8.57. The molecule has 0 aromatic heterocycles. The number of rotatable bonds is 4. The summed E-state index contributed by atoms with van der Waals surface area (Å²) < 4.78 is 81.5. The maximum absolute atomic E-state index is 12.8. The first-order valence-electron chi connectivity index (χ1n) is 7.89. The van der Waals surface area contributed by atoms with Crippen LogP contribution in [0.5, 0.6) is 0 Å². The Hall–Kier alpha value is -2.66. The number of anilines is 1. The lowest BCUT2D eigenvalue weighted by Gasteiger charge is -2.19. The third-order valence-electron chi connectivity index (χ3n) is 2.92. The summed E-state index contributed by atoms with van der Waals surface area (Å²) in [4.78, 5) is 23.1. The molecule has 12 heteroatoms. The van der Waals surface area contributed by atoms with E-state index in [0.29, 0.717) is 12.1 Å². The van der Waals surface area contributed by atoms with Crippen LogP contribution < -0.4 is 16.0 Å². The van der Waals surface area contributed by atoms with Crippen molar-refractivity contribution in [3.8, 4) is 0 Å². The van der Waals surface area contributed by atoms with Gasteiger partial charge in [-0.25, -0.2) is 9.59 Å². The highest BCUT2D eigenvalue weighted by Crippen LogP contribution is 2.37. The minimum atomic E-state index is -5.02. The molecule has 0 saturated heterocycles. The minimum absolute atomic E-state index is 0.0478. The minimum Gasteiger partial charge on any atom is -0.444 e. The molecule has 0 radical (unpaired) electrons. The third-order valence-corrected chi connectivity index (χ3v) is 2.92. The first kappa shape index (κ1) is 23.4. The number of hydrogen-bond acceptors (Lipinski definition) is 3. The zero-order valence-electron chi connectivity index (χ0n) is 15.1. The maximum Gasteiger partial charge on any atom is 0.416 e. The molecule has 1 aromatic rings. The van der Waals surface area contributed by atoms with Crippen LogP contribution in [0.2, 0.25) is 0 Å². The van der Waals surface area contributed by atoms with Crippen LogP contribution in [0.1, 0.15) is 31.9 Å². The summed E-state index contributed by atoms with van der Waals surface area (Å²) in [5.74, 6) is 0. The van der Waals surface area contributed by atoms with E-state index in [9.17, 15) is 35.9 Å². The van der Waals surface area contributed by atoms with Crippen molar-refractivity contribution in [3.05, 3.63) is 29.3 Å². The Bertz CT molecular complexity index is 679. The molecule has 1 aromatic carbocycles. The SMILES string of the molecule is CC(C)(C)OC(=O)NCCNC(=O)Nc1cc(C(F)(F)F)cc(C(F)(F)F)c1. The Morgan fingerprint density at radius 1 is 0.857 bits per heavy atom. The van der Waals surface area contributed by atoms with Crippen molar-refractivity contribution in [2.45, 2.75) is 38.7 Å². The van der Waals surface area contributed by atoms with Crippen LogP contribution in [0.15, 0.2) is 18.2 Å². The number of hydrogen-bond donors (Lipinski definition) is 3. The Kier molecular flexibility index (Phi) is 7.15. The van der Waals surface area contributed by atoms with Gasteiger partial charge in [-0.2, -0.15) is 26.3 Å². The number of amides is 3. The number of carbonyl (C=O) groups is 2. The van der Waals surface area contributed by atoms with Gasteiger partial charge in [-0.1, -0.05) is 0 Å². The fourth-order valence-corrected chi connectivity index (χ4v) is 1.86. The van der Waals surface area contributed by atoms with Gasteiger partial charge in [0.1, 0.15) is 5.60 Å². The average Bonchev–Trinajstić information content (AvgIpc) is 2.48. The summed E-state index contributed by atoms with van der Waals surface area (Å²) in [5, 5.41) is 6.40. The van der Waals surface area contributed by atoms with Crippen LogP contribution in [0, 0.1) is 0 Å². The first-order valence-corrected chi connectivity index (χ1v) is 7.89. The van der Waals surface area contributed by atoms with E-state index in [2.05, 4.69) is 10.6 Å². The number of ether oxygens (including phenoxy) is 1. The number of halogens is 6. The summed E-state index contributed by atoms with van der Waals surface area (Å²) in [6, 6.07) is -0.325. The molecular formula is C16H19F6N3O3. The standard InChI is InChI=1S/C16H19F6N3O3/c1-14(2,3)28-13(27)24-5-4-23-12(26)25-11-7-9(15(17,18)19)6-10(8-11)16(20,21)22/h6-8H,4-5H2,1-3H3,(H,24,27)(H2,23,25,26). The number of urea groups is 1. The van der Waals surface area contributed by atoms with Gasteiger partial charge >= 0.3 is 24.5 Å². The maximum atomic E-state index is 12.8. The van der Waals surface area contributed by atoms with Gasteiger partial charge in [0.25, 0.3) is 0 Å². The lowest BCUT2D eigenvalue weighted by atomic mass is 10.1. The smallest absolute Gasteiger partial charge is 0.416 e. The van der Waals surface area contributed by atoms with Crippen LogP contribution in [0.25, 0.3) is 0 Å². The average molecular weight is 415 g/mol. The number of nitrogens with one attached hydrogen (secondary N) is 3. The Labute approximate surface area is 156 Å². The molecule has 158 valence electrons. The van der Waals surface area contributed by atoms with Gasteiger partial charge in [-0.05, 0) is 39.0 Å². The molecular weight excluding hydrogens is 396 g/mol. The molecule has 0 aliphatic heterocycles. The summed E-state index contributed by atoms with van der Waals surface area (Å²) in [7, 11) is 0. The molecule has 1 rings (SSSR count). The molecule has 0 fully saturated rings. The molecule has 0 bridgehead atoms. The molecule has 0 heterocycles. The molecule has 0 aliphatic rings. The monoisotopic (exact) mass is 415 g/mol. The second-order valence-corrected chi connectivity index (χ2v) is 6.60. The van der Waals surface area contributed by atoms with E-state index in [1.54, 1.807) is 20.8 Å². The first-order chi connectivity index (χ1) is 12.6. The fraction of sp³-hybridized carbons (Fsp3) is 0.500. The third kappa shape index (κ3) is 8.35. The van der Waals surface area contributed by atoms with Crippen LogP contribution in [-0.2, 0) is 17.1 Å². The van der Waals surface area contributed by atoms with Crippen LogP contribution in [0.4, 0.5) is 41.6 Å². The number of alkyl carbamates (subject to hydrolysis) is 1. The number of carbonyl (C=O) groups excluding carboxylic acids is 2. The lowest BCUT2D eigenvalue weighted by molar-refractivity contribution is -0.143. The summed E-state index contributed by atoms with van der Waals surface area (Å²) in [5.41, 5.74) is -4.51. The summed E-state index contributed by atoms with van der Waals surface area (Å²) in [6.07, 6.45) is -10.8. The highest BCUT2D eigenvalue weighted by molar-refractivity contribution is 5.89. The number of benzene rings is 1. The molecule has 0 aliphatic carbocycles. The molecule has 3 amide bonds. The largest absolute Gasteiger partial charge is 0.444 e. The molecule has 0 unspecified atom stereocenters. The van der Waals surface area contributed by atoms with Crippen molar-refractivity contribution < 1.29 is 40.7 Å². The van der Waals surface area contributed by atoms with Gasteiger partial charge in [0.05, 0.1) is 11.1 Å².